The molecule has 0 saturated heterocycles. The minimum absolute atomic E-state index is 0.178. The van der Waals surface area contributed by atoms with E-state index in [1.807, 2.05) is 25.1 Å². The van der Waals surface area contributed by atoms with Gasteiger partial charge < -0.3 is 14.8 Å². The normalized spacial score (nSPS) is 13.1. The Balaban J connectivity index is 2.05. The van der Waals surface area contributed by atoms with E-state index in [2.05, 4.69) is 9.97 Å². The fourth-order valence-corrected chi connectivity index (χ4v) is 2.43. The summed E-state index contributed by atoms with van der Waals surface area (Å²) in [5.41, 5.74) is 1.96. The second-order valence-electron chi connectivity index (χ2n) is 4.89. The maximum Gasteiger partial charge on any atom is 0.258 e. The quantitative estimate of drug-likeness (QED) is 0.896. The van der Waals surface area contributed by atoms with Gasteiger partial charge in [0.15, 0.2) is 0 Å². The fourth-order valence-electron chi connectivity index (χ4n) is 2.43. The molecular formula is C15H16N2O3. The van der Waals surface area contributed by atoms with Crippen LogP contribution in [0, 0.1) is 0 Å². The van der Waals surface area contributed by atoms with E-state index in [1.54, 1.807) is 0 Å². The van der Waals surface area contributed by atoms with Gasteiger partial charge in [0, 0.05) is 12.0 Å². The van der Waals surface area contributed by atoms with Crippen LogP contribution < -0.4 is 10.3 Å². The number of fused-ring (bicyclic) bond motifs is 1. The van der Waals surface area contributed by atoms with E-state index >= 15 is 0 Å². The highest BCUT2D eigenvalue weighted by molar-refractivity contribution is 5.60. The lowest BCUT2D eigenvalue weighted by Gasteiger charge is -2.06. The van der Waals surface area contributed by atoms with Crippen LogP contribution in [0.4, 0.5) is 0 Å². The highest BCUT2D eigenvalue weighted by Crippen LogP contribution is 2.29. The van der Waals surface area contributed by atoms with Crippen LogP contribution in [0.25, 0.3) is 11.4 Å². The minimum atomic E-state index is -0.272. The molecule has 2 aromatic rings. The molecule has 1 aliphatic heterocycles. The third-order valence-electron chi connectivity index (χ3n) is 3.46. The second kappa shape index (κ2) is 5.00. The van der Waals surface area contributed by atoms with Gasteiger partial charge in [-0.05, 0) is 30.2 Å². The van der Waals surface area contributed by atoms with Crippen molar-refractivity contribution in [2.45, 2.75) is 26.2 Å². The predicted molar refractivity (Wildman–Crippen MR) is 75.2 cm³/mol. The van der Waals surface area contributed by atoms with Crippen molar-refractivity contribution >= 4 is 0 Å². The number of ether oxygens (including phenoxy) is 1. The molecule has 0 aliphatic carbocycles. The van der Waals surface area contributed by atoms with Crippen LogP contribution in [0.5, 0.6) is 11.6 Å². The Morgan fingerprint density at radius 2 is 2.30 bits per heavy atom. The van der Waals surface area contributed by atoms with Crippen molar-refractivity contribution in [1.29, 1.82) is 0 Å². The summed E-state index contributed by atoms with van der Waals surface area (Å²) in [6.45, 7) is 2.64. The first-order valence-corrected chi connectivity index (χ1v) is 6.77. The molecule has 0 fully saturated rings. The monoisotopic (exact) mass is 272 g/mol. The zero-order chi connectivity index (χ0) is 14.1. The number of benzene rings is 1. The zero-order valence-electron chi connectivity index (χ0n) is 11.3. The van der Waals surface area contributed by atoms with Crippen molar-refractivity contribution in [3.63, 3.8) is 0 Å². The Hall–Kier alpha value is -2.30. The summed E-state index contributed by atoms with van der Waals surface area (Å²) in [7, 11) is 0. The van der Waals surface area contributed by atoms with Crippen molar-refractivity contribution in [3.8, 4) is 23.0 Å². The molecule has 3 rings (SSSR count). The van der Waals surface area contributed by atoms with Crippen molar-refractivity contribution < 1.29 is 9.84 Å². The fraction of sp³-hybridized carbons (Fsp3) is 0.333. The zero-order valence-corrected chi connectivity index (χ0v) is 11.3. The summed E-state index contributed by atoms with van der Waals surface area (Å²) in [6, 6.07) is 5.65. The number of aromatic hydroxyl groups is 1. The number of aromatic amines is 1. The second-order valence-corrected chi connectivity index (χ2v) is 4.89. The molecule has 1 aromatic heterocycles. The van der Waals surface area contributed by atoms with Gasteiger partial charge in [0.25, 0.3) is 5.56 Å². The first kappa shape index (κ1) is 12.7. The van der Waals surface area contributed by atoms with E-state index < -0.39 is 0 Å². The Kier molecular flexibility index (Phi) is 3.18. The maximum absolute atomic E-state index is 12.0. The van der Waals surface area contributed by atoms with E-state index in [-0.39, 0.29) is 11.4 Å². The average Bonchev–Trinajstić information content (AvgIpc) is 2.90. The number of nitrogens with one attached hydrogen (secondary N) is 1. The topological polar surface area (TPSA) is 75.2 Å². The third kappa shape index (κ3) is 2.15. The molecule has 2 heterocycles. The average molecular weight is 272 g/mol. The molecule has 2 N–H and O–H groups in total. The Labute approximate surface area is 116 Å². The van der Waals surface area contributed by atoms with Gasteiger partial charge in [0.2, 0.25) is 5.88 Å². The van der Waals surface area contributed by atoms with Gasteiger partial charge in [-0.2, -0.15) is 4.98 Å². The SMILES string of the molecule is CCCc1c(O)nc(-c2ccc3c(c2)CCO3)[nH]c1=O. The number of H-pyrrole nitrogens is 1. The molecule has 1 aliphatic rings. The summed E-state index contributed by atoms with van der Waals surface area (Å²) in [6.07, 6.45) is 2.16. The van der Waals surface area contributed by atoms with Gasteiger partial charge in [0.05, 0.1) is 12.2 Å². The van der Waals surface area contributed by atoms with Gasteiger partial charge in [-0.25, -0.2) is 0 Å². The number of nitrogens with zero attached hydrogens (tertiary/aromatic N) is 1. The molecule has 0 bridgehead atoms. The van der Waals surface area contributed by atoms with Crippen LogP contribution in [0.1, 0.15) is 24.5 Å². The summed E-state index contributed by atoms with van der Waals surface area (Å²) in [4.78, 5) is 18.8. The standard InChI is InChI=1S/C15H16N2O3/c1-2-3-11-14(18)16-13(17-15(11)19)10-4-5-12-9(8-10)6-7-20-12/h4-5,8H,2-3,6-7H2,1H3,(H2,16,17,18,19). The highest BCUT2D eigenvalue weighted by atomic mass is 16.5. The molecule has 0 spiro atoms. The van der Waals surface area contributed by atoms with E-state index in [9.17, 15) is 9.90 Å². The summed E-state index contributed by atoms with van der Waals surface area (Å²) in [5.74, 6) is 1.09. The lowest BCUT2D eigenvalue weighted by atomic mass is 10.1. The van der Waals surface area contributed by atoms with Crippen LogP contribution in [-0.4, -0.2) is 21.7 Å². The van der Waals surface area contributed by atoms with Gasteiger partial charge in [-0.1, -0.05) is 13.3 Å². The molecule has 0 saturated carbocycles. The van der Waals surface area contributed by atoms with Crippen LogP contribution >= 0.6 is 0 Å². The number of hydrogen-bond donors (Lipinski definition) is 2. The van der Waals surface area contributed by atoms with Crippen LogP contribution in [0.3, 0.4) is 0 Å². The Bertz CT molecular complexity index is 707. The van der Waals surface area contributed by atoms with Crippen molar-refractivity contribution in [2.24, 2.45) is 0 Å². The summed E-state index contributed by atoms with van der Waals surface area (Å²) >= 11 is 0. The largest absolute Gasteiger partial charge is 0.493 e. The maximum atomic E-state index is 12.0. The van der Waals surface area contributed by atoms with Crippen LogP contribution in [0.15, 0.2) is 23.0 Å². The van der Waals surface area contributed by atoms with Gasteiger partial charge in [-0.15, -0.1) is 0 Å². The van der Waals surface area contributed by atoms with E-state index in [4.69, 9.17) is 4.74 Å². The predicted octanol–water partition coefficient (Wildman–Crippen LogP) is 2.03. The van der Waals surface area contributed by atoms with E-state index in [0.29, 0.717) is 24.4 Å². The molecular weight excluding hydrogens is 256 g/mol. The van der Waals surface area contributed by atoms with Crippen molar-refractivity contribution in [2.75, 3.05) is 6.61 Å². The lowest BCUT2D eigenvalue weighted by molar-refractivity contribution is 0.357. The van der Waals surface area contributed by atoms with Crippen molar-refractivity contribution in [1.82, 2.24) is 9.97 Å². The summed E-state index contributed by atoms with van der Waals surface area (Å²) < 4.78 is 5.45. The first-order chi connectivity index (χ1) is 9.69. The molecule has 0 radical (unpaired) electrons. The summed E-state index contributed by atoms with van der Waals surface area (Å²) in [5, 5.41) is 9.90. The van der Waals surface area contributed by atoms with Gasteiger partial charge in [0.1, 0.15) is 11.6 Å². The molecule has 20 heavy (non-hydrogen) atoms. The number of rotatable bonds is 3. The van der Waals surface area contributed by atoms with Crippen molar-refractivity contribution in [3.05, 3.63) is 39.7 Å². The Morgan fingerprint density at radius 1 is 1.45 bits per heavy atom. The molecule has 1 aromatic carbocycles. The lowest BCUT2D eigenvalue weighted by Crippen LogP contribution is -2.15. The van der Waals surface area contributed by atoms with Gasteiger partial charge >= 0.3 is 0 Å². The molecule has 0 atom stereocenters. The third-order valence-corrected chi connectivity index (χ3v) is 3.46. The molecule has 0 unspecified atom stereocenters. The molecule has 0 amide bonds. The molecule has 104 valence electrons. The van der Waals surface area contributed by atoms with Gasteiger partial charge in [-0.3, -0.25) is 4.79 Å². The number of hydrogen-bond acceptors (Lipinski definition) is 4. The van der Waals surface area contributed by atoms with Crippen LogP contribution in [-0.2, 0) is 12.8 Å². The first-order valence-electron chi connectivity index (χ1n) is 6.77. The van der Waals surface area contributed by atoms with E-state index in [1.165, 1.54) is 0 Å². The van der Waals surface area contributed by atoms with Crippen LogP contribution in [0.2, 0.25) is 0 Å². The molecule has 5 nitrogen and oxygen atoms in total. The highest BCUT2D eigenvalue weighted by Gasteiger charge is 2.15. The minimum Gasteiger partial charge on any atom is -0.493 e. The Morgan fingerprint density at radius 3 is 3.05 bits per heavy atom. The smallest absolute Gasteiger partial charge is 0.258 e. The number of aromatic nitrogens is 2. The van der Waals surface area contributed by atoms with E-state index in [0.717, 1.165) is 29.7 Å². The molecule has 5 heteroatoms.